The van der Waals surface area contributed by atoms with Crippen molar-refractivity contribution >= 4 is 5.69 Å². The molecule has 0 atom stereocenters. The Hall–Kier alpha value is -5.68. The maximum Gasteiger partial charge on any atom is 0.250 e. The highest BCUT2D eigenvalue weighted by Crippen LogP contribution is 2.40. The molecule has 42 heavy (non-hydrogen) atoms. The average Bonchev–Trinajstić information content (AvgIpc) is 3.76. The number of nitrogens with zero attached hydrogens (tertiary/aromatic N) is 5. The Morgan fingerprint density at radius 2 is 1.10 bits per heavy atom. The molecule has 0 amide bonds. The summed E-state index contributed by atoms with van der Waals surface area (Å²) >= 11 is 0. The zero-order valence-corrected chi connectivity index (χ0v) is 23.1. The second-order valence-electron chi connectivity index (χ2n) is 10.1. The van der Waals surface area contributed by atoms with Gasteiger partial charge in [0, 0.05) is 22.9 Å². The Morgan fingerprint density at radius 3 is 1.69 bits per heavy atom. The molecular weight excluding hydrogens is 514 g/mol. The predicted octanol–water partition coefficient (Wildman–Crippen LogP) is 7.89. The van der Waals surface area contributed by atoms with Crippen LogP contribution < -0.4 is 9.58 Å². The highest BCUT2D eigenvalue weighted by atomic mass is 15.7. The second-order valence-corrected chi connectivity index (χ2v) is 10.1. The molecule has 0 unspecified atom stereocenters. The summed E-state index contributed by atoms with van der Waals surface area (Å²) in [5.74, 6) is 0. The monoisotopic (exact) mass is 544 g/mol. The highest BCUT2D eigenvalue weighted by molar-refractivity contribution is 5.90. The molecule has 0 fully saturated rings. The summed E-state index contributed by atoms with van der Waals surface area (Å²) in [5, 5.41) is 7.37. The number of benzene rings is 5. The van der Waals surface area contributed by atoms with Crippen molar-refractivity contribution in [1.29, 1.82) is 0 Å². The van der Waals surface area contributed by atoms with E-state index in [1.165, 1.54) is 0 Å². The molecule has 0 bridgehead atoms. The van der Waals surface area contributed by atoms with E-state index in [4.69, 9.17) is 5.10 Å². The van der Waals surface area contributed by atoms with E-state index < -0.39 is 0 Å². The topological polar surface area (TPSA) is 29.9 Å². The standard InChI is InChI=1S/C37H30N5/c1-5-14-30(15-6-1)34-22-13-23-35(31-16-7-2-8-17-31)37(34)41(42-25-24-36(38-42)32-18-9-3-10-19-32)29-39-26-27-40(28-39)33-20-11-4-12-21-33/h1-28H,29H2/q+1. The van der Waals surface area contributed by atoms with Gasteiger partial charge < -0.3 is 0 Å². The molecular formula is C37H30N5+. The minimum Gasteiger partial charge on any atom is -0.224 e. The highest BCUT2D eigenvalue weighted by Gasteiger charge is 2.23. The molecule has 0 aliphatic heterocycles. The minimum atomic E-state index is 0.541. The Kier molecular flexibility index (Phi) is 6.89. The smallest absolute Gasteiger partial charge is 0.224 e. The Bertz CT molecular complexity index is 1830. The first-order valence-electron chi connectivity index (χ1n) is 14.1. The van der Waals surface area contributed by atoms with Crippen LogP contribution in [0.15, 0.2) is 171 Å². The van der Waals surface area contributed by atoms with E-state index in [1.54, 1.807) is 0 Å². The lowest BCUT2D eigenvalue weighted by Crippen LogP contribution is -2.45. The quantitative estimate of drug-likeness (QED) is 0.182. The van der Waals surface area contributed by atoms with Crippen LogP contribution in [0.5, 0.6) is 0 Å². The third-order valence-corrected chi connectivity index (χ3v) is 7.40. The summed E-state index contributed by atoms with van der Waals surface area (Å²) in [4.78, 5) is 1.98. The van der Waals surface area contributed by atoms with Crippen molar-refractivity contribution in [2.45, 2.75) is 6.67 Å². The number of hydrogen-bond acceptors (Lipinski definition) is 2. The molecule has 7 rings (SSSR count). The maximum absolute atomic E-state index is 5.11. The maximum atomic E-state index is 5.11. The summed E-state index contributed by atoms with van der Waals surface area (Å²) in [6.07, 6.45) is 8.37. The van der Waals surface area contributed by atoms with Crippen LogP contribution in [0.1, 0.15) is 0 Å². The van der Waals surface area contributed by atoms with Crippen LogP contribution in [0.2, 0.25) is 0 Å². The van der Waals surface area contributed by atoms with Gasteiger partial charge in [-0.3, -0.25) is 0 Å². The van der Waals surface area contributed by atoms with Crippen molar-refractivity contribution < 1.29 is 4.57 Å². The van der Waals surface area contributed by atoms with Crippen LogP contribution in [-0.2, 0) is 6.67 Å². The van der Waals surface area contributed by atoms with Gasteiger partial charge in [0.15, 0.2) is 6.67 Å². The van der Waals surface area contributed by atoms with Gasteiger partial charge in [-0.2, -0.15) is 9.89 Å². The largest absolute Gasteiger partial charge is 0.250 e. The van der Waals surface area contributed by atoms with Gasteiger partial charge in [0.25, 0.3) is 6.33 Å². The number of imidazole rings is 1. The van der Waals surface area contributed by atoms with Gasteiger partial charge in [-0.15, -0.1) is 0 Å². The molecule has 7 aromatic rings. The van der Waals surface area contributed by atoms with Crippen LogP contribution in [0, 0.1) is 0 Å². The minimum absolute atomic E-state index is 0.541. The Labute approximate surface area is 245 Å². The van der Waals surface area contributed by atoms with Gasteiger partial charge in [-0.1, -0.05) is 127 Å². The van der Waals surface area contributed by atoms with Crippen LogP contribution in [0.3, 0.4) is 0 Å². The summed E-state index contributed by atoms with van der Waals surface area (Å²) in [7, 11) is 0. The first-order valence-corrected chi connectivity index (χ1v) is 14.1. The lowest BCUT2D eigenvalue weighted by atomic mass is 9.95. The van der Waals surface area contributed by atoms with Gasteiger partial charge in [0.2, 0.25) is 0 Å². The molecule has 0 N–H and O–H groups in total. The number of rotatable bonds is 8. The molecule has 5 aromatic carbocycles. The molecule has 0 aliphatic carbocycles. The van der Waals surface area contributed by atoms with E-state index in [2.05, 4.69) is 154 Å². The SMILES string of the molecule is c1ccc(-c2ccn(N(C[n+]3ccn(-c4ccccc4)c3)c3c(-c4ccccc4)cccc3-c3ccccc3)n2)cc1. The van der Waals surface area contributed by atoms with Gasteiger partial charge in [-0.05, 0) is 29.3 Å². The van der Waals surface area contributed by atoms with Gasteiger partial charge >= 0.3 is 0 Å². The fraction of sp³-hybridized carbons (Fsp3) is 0.0270. The number of anilines is 1. The van der Waals surface area contributed by atoms with Crippen LogP contribution in [0.25, 0.3) is 39.2 Å². The lowest BCUT2D eigenvalue weighted by Gasteiger charge is -2.28. The normalized spacial score (nSPS) is 11.0. The molecule has 0 saturated carbocycles. The number of hydrogen-bond donors (Lipinski definition) is 0. The van der Waals surface area contributed by atoms with E-state index in [-0.39, 0.29) is 0 Å². The van der Waals surface area contributed by atoms with E-state index in [1.807, 2.05) is 35.3 Å². The summed E-state index contributed by atoms with van der Waals surface area (Å²) in [6, 6.07) is 50.5. The molecule has 202 valence electrons. The van der Waals surface area contributed by atoms with E-state index in [0.29, 0.717) is 6.67 Å². The van der Waals surface area contributed by atoms with Crippen LogP contribution in [0.4, 0.5) is 5.69 Å². The van der Waals surface area contributed by atoms with Gasteiger partial charge in [0.1, 0.15) is 18.1 Å². The van der Waals surface area contributed by atoms with Gasteiger partial charge in [-0.25, -0.2) is 14.1 Å². The van der Waals surface area contributed by atoms with Crippen molar-refractivity contribution in [1.82, 2.24) is 14.5 Å². The molecule has 2 aromatic heterocycles. The molecule has 0 aliphatic rings. The van der Waals surface area contributed by atoms with Crippen molar-refractivity contribution in [3.8, 4) is 39.2 Å². The van der Waals surface area contributed by atoms with Crippen molar-refractivity contribution in [2.24, 2.45) is 0 Å². The summed E-state index contributed by atoms with van der Waals surface area (Å²) in [6.45, 7) is 0.541. The number of para-hydroxylation sites is 2. The zero-order valence-electron chi connectivity index (χ0n) is 23.1. The van der Waals surface area contributed by atoms with E-state index >= 15 is 0 Å². The Balaban J connectivity index is 1.41. The van der Waals surface area contributed by atoms with Crippen LogP contribution >= 0.6 is 0 Å². The Morgan fingerprint density at radius 1 is 0.548 bits per heavy atom. The van der Waals surface area contributed by atoms with Gasteiger partial charge in [0.05, 0.1) is 11.4 Å². The summed E-state index contributed by atoms with van der Waals surface area (Å²) in [5.41, 5.74) is 8.77. The molecule has 0 saturated heterocycles. The molecule has 0 radical (unpaired) electrons. The third-order valence-electron chi connectivity index (χ3n) is 7.40. The predicted molar refractivity (Wildman–Crippen MR) is 169 cm³/mol. The first kappa shape index (κ1) is 25.3. The molecule has 5 heteroatoms. The summed E-state index contributed by atoms with van der Waals surface area (Å²) < 4.78 is 4.32. The fourth-order valence-corrected chi connectivity index (χ4v) is 5.36. The van der Waals surface area contributed by atoms with Crippen molar-refractivity contribution in [3.63, 3.8) is 0 Å². The third kappa shape index (κ3) is 5.11. The number of aromatic nitrogens is 4. The van der Waals surface area contributed by atoms with Crippen molar-refractivity contribution in [2.75, 3.05) is 5.01 Å². The molecule has 0 spiro atoms. The average molecular weight is 545 g/mol. The first-order chi connectivity index (χ1) is 20.8. The lowest BCUT2D eigenvalue weighted by molar-refractivity contribution is -0.696. The molecule has 5 nitrogen and oxygen atoms in total. The molecule has 2 heterocycles. The van der Waals surface area contributed by atoms with E-state index in [9.17, 15) is 0 Å². The fourth-order valence-electron chi connectivity index (χ4n) is 5.36. The van der Waals surface area contributed by atoms with Crippen molar-refractivity contribution in [3.05, 3.63) is 171 Å². The second kappa shape index (κ2) is 11.4. The van der Waals surface area contributed by atoms with Crippen LogP contribution in [-0.4, -0.2) is 14.5 Å². The zero-order chi connectivity index (χ0) is 28.1. The van der Waals surface area contributed by atoms with E-state index in [0.717, 1.165) is 44.9 Å².